The molecule has 0 aliphatic rings. The molecule has 3 aromatic carbocycles. The van der Waals surface area contributed by atoms with Crippen molar-refractivity contribution in [2.45, 2.75) is 23.6 Å². The maximum atomic E-state index is 13.5. The third-order valence-corrected chi connectivity index (χ3v) is 8.73. The minimum Gasteiger partial charge on any atom is -0.494 e. The van der Waals surface area contributed by atoms with Gasteiger partial charge in [0.05, 0.1) is 22.1 Å². The molecule has 11 nitrogen and oxygen atoms in total. The Kier molecular flexibility index (Phi) is 8.83. The summed E-state index contributed by atoms with van der Waals surface area (Å²) in [5.74, 6) is -0.884. The second-order valence-corrected chi connectivity index (χ2v) is 12.1. The van der Waals surface area contributed by atoms with Crippen molar-refractivity contribution >= 4 is 43.3 Å². The van der Waals surface area contributed by atoms with Gasteiger partial charge in [-0.1, -0.05) is 0 Å². The number of nitrogens with one attached hydrogen (secondary N) is 2. The molecule has 0 saturated heterocycles. The average Bonchev–Trinajstić information content (AvgIpc) is 2.93. The van der Waals surface area contributed by atoms with Gasteiger partial charge in [0.1, 0.15) is 18.1 Å². The van der Waals surface area contributed by atoms with Gasteiger partial charge in [-0.25, -0.2) is 35.9 Å². The van der Waals surface area contributed by atoms with Crippen LogP contribution < -0.4 is 19.1 Å². The summed E-state index contributed by atoms with van der Waals surface area (Å²) in [6.07, 6.45) is 1.42. The highest BCUT2D eigenvalue weighted by Crippen LogP contribution is 2.26. The van der Waals surface area contributed by atoms with Crippen molar-refractivity contribution in [2.24, 2.45) is 0 Å². The number of ether oxygens (including phenoxy) is 1. The smallest absolute Gasteiger partial charge is 0.264 e. The summed E-state index contributed by atoms with van der Waals surface area (Å²) >= 11 is 0. The normalized spacial score (nSPS) is 11.5. The predicted octanol–water partition coefficient (Wildman–Crippen LogP) is 3.96. The highest BCUT2D eigenvalue weighted by atomic mass is 32.2. The van der Waals surface area contributed by atoms with Crippen molar-refractivity contribution in [3.05, 3.63) is 96.6 Å². The van der Waals surface area contributed by atoms with Gasteiger partial charge in [-0.05, 0) is 92.7 Å². The molecule has 214 valence electrons. The Morgan fingerprint density at radius 1 is 0.902 bits per heavy atom. The van der Waals surface area contributed by atoms with E-state index in [-0.39, 0.29) is 27.1 Å². The lowest BCUT2D eigenvalue weighted by Crippen LogP contribution is -2.38. The lowest BCUT2D eigenvalue weighted by Gasteiger charge is -2.24. The van der Waals surface area contributed by atoms with Crippen molar-refractivity contribution < 1.29 is 30.8 Å². The number of carbonyl (C=O) groups excluding carboxylic acids is 1. The Morgan fingerprint density at radius 3 is 2.15 bits per heavy atom. The first-order chi connectivity index (χ1) is 19.5. The van der Waals surface area contributed by atoms with Gasteiger partial charge in [-0.15, -0.1) is 0 Å². The van der Waals surface area contributed by atoms with Crippen LogP contribution in [0.5, 0.6) is 5.75 Å². The number of hydrogen-bond acceptors (Lipinski definition) is 8. The third-order valence-electron chi connectivity index (χ3n) is 5.59. The van der Waals surface area contributed by atoms with E-state index < -0.39 is 38.3 Å². The van der Waals surface area contributed by atoms with Gasteiger partial charge in [0.25, 0.3) is 20.0 Å². The van der Waals surface area contributed by atoms with Crippen LogP contribution in [0, 0.1) is 12.7 Å². The van der Waals surface area contributed by atoms with E-state index in [0.29, 0.717) is 18.1 Å². The van der Waals surface area contributed by atoms with Crippen LogP contribution in [0.4, 0.5) is 21.7 Å². The standard InChI is InChI=1S/C27H26FN5O6S2/c1-3-39-23-10-8-22(9-11-23)33(41(37,38)25-12-4-20(28)5-13-25)18-26(34)31-21-6-14-24(15-7-21)40(35,36)32-27-29-17-16-19(2)30-27/h4-17H,3,18H2,1-2H3,(H,31,34)(H,29,30,32). The number of benzene rings is 3. The maximum absolute atomic E-state index is 13.5. The van der Waals surface area contributed by atoms with Gasteiger partial charge in [0, 0.05) is 17.6 Å². The predicted molar refractivity (Wildman–Crippen MR) is 151 cm³/mol. The number of nitrogens with zero attached hydrogens (tertiary/aromatic N) is 3. The molecular formula is C27H26FN5O6S2. The van der Waals surface area contributed by atoms with Crippen LogP contribution in [-0.2, 0) is 24.8 Å². The summed E-state index contributed by atoms with van der Waals surface area (Å²) in [5.41, 5.74) is 0.988. The zero-order valence-electron chi connectivity index (χ0n) is 22.0. The quantitative estimate of drug-likeness (QED) is 0.263. The fraction of sp³-hybridized carbons (Fsp3) is 0.148. The topological polar surface area (TPSA) is 148 Å². The number of sulfonamides is 2. The molecule has 14 heteroatoms. The van der Waals surface area contributed by atoms with Gasteiger partial charge in [-0.3, -0.25) is 9.10 Å². The molecule has 41 heavy (non-hydrogen) atoms. The van der Waals surface area contributed by atoms with Crippen LogP contribution in [0.1, 0.15) is 12.6 Å². The van der Waals surface area contributed by atoms with E-state index in [1.807, 2.05) is 0 Å². The molecule has 0 spiro atoms. The van der Waals surface area contributed by atoms with Crippen molar-refractivity contribution in [1.29, 1.82) is 0 Å². The van der Waals surface area contributed by atoms with E-state index >= 15 is 0 Å². The monoisotopic (exact) mass is 599 g/mol. The van der Waals surface area contributed by atoms with Gasteiger partial charge >= 0.3 is 0 Å². The SMILES string of the molecule is CCOc1ccc(N(CC(=O)Nc2ccc(S(=O)(=O)Nc3nccc(C)n3)cc2)S(=O)(=O)c2ccc(F)cc2)cc1. The number of halogens is 1. The Morgan fingerprint density at radius 2 is 1.54 bits per heavy atom. The number of hydrogen-bond donors (Lipinski definition) is 2. The van der Waals surface area contributed by atoms with Crippen LogP contribution in [0.2, 0.25) is 0 Å². The van der Waals surface area contributed by atoms with Crippen LogP contribution in [0.15, 0.2) is 94.9 Å². The second kappa shape index (κ2) is 12.3. The first kappa shape index (κ1) is 29.4. The van der Waals surface area contributed by atoms with Crippen LogP contribution in [0.25, 0.3) is 0 Å². The van der Waals surface area contributed by atoms with Crippen molar-refractivity contribution in [1.82, 2.24) is 9.97 Å². The molecule has 1 amide bonds. The van der Waals surface area contributed by atoms with Crippen molar-refractivity contribution in [2.75, 3.05) is 27.5 Å². The number of aryl methyl sites for hydroxylation is 1. The fourth-order valence-corrected chi connectivity index (χ4v) is 6.02. The molecule has 0 aliphatic carbocycles. The first-order valence-electron chi connectivity index (χ1n) is 12.2. The molecule has 4 aromatic rings. The molecule has 4 rings (SSSR count). The Bertz CT molecular complexity index is 1730. The highest BCUT2D eigenvalue weighted by molar-refractivity contribution is 7.93. The largest absolute Gasteiger partial charge is 0.494 e. The zero-order valence-corrected chi connectivity index (χ0v) is 23.6. The van der Waals surface area contributed by atoms with Crippen LogP contribution in [0.3, 0.4) is 0 Å². The van der Waals surface area contributed by atoms with Gasteiger partial charge < -0.3 is 10.1 Å². The average molecular weight is 600 g/mol. The molecule has 2 N–H and O–H groups in total. The number of amides is 1. The first-order valence-corrected chi connectivity index (χ1v) is 15.1. The molecule has 1 heterocycles. The summed E-state index contributed by atoms with van der Waals surface area (Å²) in [7, 11) is -8.28. The van der Waals surface area contributed by atoms with E-state index in [0.717, 1.165) is 28.6 Å². The van der Waals surface area contributed by atoms with Gasteiger partial charge in [0.2, 0.25) is 11.9 Å². The highest BCUT2D eigenvalue weighted by Gasteiger charge is 2.27. The number of rotatable bonds is 11. The van der Waals surface area contributed by atoms with Crippen molar-refractivity contribution in [3.63, 3.8) is 0 Å². The molecule has 0 aliphatic heterocycles. The molecule has 0 unspecified atom stereocenters. The Hall–Kier alpha value is -4.56. The van der Waals surface area contributed by atoms with Crippen molar-refractivity contribution in [3.8, 4) is 5.75 Å². The lowest BCUT2D eigenvalue weighted by atomic mass is 10.3. The number of carbonyl (C=O) groups is 1. The Labute approximate surface area is 237 Å². The van der Waals surface area contributed by atoms with E-state index in [1.165, 1.54) is 42.6 Å². The molecule has 0 bridgehead atoms. The van der Waals surface area contributed by atoms with E-state index in [4.69, 9.17) is 4.74 Å². The molecular weight excluding hydrogens is 573 g/mol. The summed E-state index contributed by atoms with van der Waals surface area (Å²) in [6.45, 7) is 3.29. The van der Waals surface area contributed by atoms with Gasteiger partial charge in [-0.2, -0.15) is 0 Å². The molecule has 0 radical (unpaired) electrons. The molecule has 1 aromatic heterocycles. The number of anilines is 3. The minimum atomic E-state index is -4.28. The summed E-state index contributed by atoms with van der Waals surface area (Å²) in [6, 6.07) is 17.2. The fourth-order valence-electron chi connectivity index (χ4n) is 3.65. The second-order valence-electron chi connectivity index (χ2n) is 8.59. The van der Waals surface area contributed by atoms with E-state index in [1.54, 1.807) is 32.0 Å². The van der Waals surface area contributed by atoms with Crippen LogP contribution in [-0.4, -0.2) is 45.9 Å². The van der Waals surface area contributed by atoms with Crippen LogP contribution >= 0.6 is 0 Å². The Balaban J connectivity index is 1.53. The molecule has 0 saturated carbocycles. The summed E-state index contributed by atoms with van der Waals surface area (Å²) in [4.78, 5) is 20.6. The molecule has 0 atom stereocenters. The zero-order chi connectivity index (χ0) is 29.6. The number of aromatic nitrogens is 2. The lowest BCUT2D eigenvalue weighted by molar-refractivity contribution is -0.114. The maximum Gasteiger partial charge on any atom is 0.264 e. The van der Waals surface area contributed by atoms with E-state index in [9.17, 15) is 26.0 Å². The molecule has 0 fully saturated rings. The third kappa shape index (κ3) is 7.35. The van der Waals surface area contributed by atoms with Gasteiger partial charge in [0.15, 0.2) is 0 Å². The summed E-state index contributed by atoms with van der Waals surface area (Å²) in [5, 5.41) is 2.57. The minimum absolute atomic E-state index is 0.0841. The van der Waals surface area contributed by atoms with E-state index in [2.05, 4.69) is 20.0 Å². The summed E-state index contributed by atoms with van der Waals surface area (Å²) < 4.78 is 74.4.